The first-order valence-corrected chi connectivity index (χ1v) is 2.81. The zero-order valence-corrected chi connectivity index (χ0v) is 5.08. The van der Waals surface area contributed by atoms with Crippen LogP contribution < -0.4 is 0 Å². The van der Waals surface area contributed by atoms with Gasteiger partial charge in [-0.2, -0.15) is 0 Å². The van der Waals surface area contributed by atoms with Crippen molar-refractivity contribution in [2.75, 3.05) is 13.2 Å². The lowest BCUT2D eigenvalue weighted by molar-refractivity contribution is 0.00479. The third-order valence-corrected chi connectivity index (χ3v) is 1.50. The Morgan fingerprint density at radius 3 is 2.56 bits per heavy atom. The molecule has 2 N–H and O–H groups in total. The van der Waals surface area contributed by atoms with E-state index in [1.165, 1.54) is 6.08 Å². The Hall–Kier alpha value is -0.380. The van der Waals surface area contributed by atoms with Gasteiger partial charge in [0.2, 0.25) is 0 Å². The van der Waals surface area contributed by atoms with Crippen molar-refractivity contribution in [1.29, 1.82) is 0 Å². The minimum absolute atomic E-state index is 0.236. The highest BCUT2D eigenvalue weighted by Crippen LogP contribution is 2.24. The molecule has 1 rings (SSSR count). The molecule has 1 aliphatic rings. The van der Waals surface area contributed by atoms with Gasteiger partial charge in [-0.15, -0.1) is 6.58 Å². The van der Waals surface area contributed by atoms with Crippen LogP contribution in [0.2, 0.25) is 0 Å². The Morgan fingerprint density at radius 2 is 2.44 bits per heavy atom. The number of hydrogen-bond acceptors (Lipinski definition) is 3. The molecule has 1 aliphatic heterocycles. The van der Waals surface area contributed by atoms with Gasteiger partial charge in [-0.3, -0.25) is 0 Å². The smallest absolute Gasteiger partial charge is 0.134 e. The van der Waals surface area contributed by atoms with Crippen LogP contribution in [-0.4, -0.2) is 35.1 Å². The zero-order valence-electron chi connectivity index (χ0n) is 5.08. The molecule has 0 spiro atoms. The Bertz CT molecular complexity index is 119. The Kier molecular flexibility index (Phi) is 1.57. The van der Waals surface area contributed by atoms with E-state index in [1.54, 1.807) is 0 Å². The van der Waals surface area contributed by atoms with Gasteiger partial charge in [0.05, 0.1) is 13.2 Å². The monoisotopic (exact) mass is 130 g/mol. The van der Waals surface area contributed by atoms with Crippen LogP contribution in [0, 0.1) is 0 Å². The van der Waals surface area contributed by atoms with Crippen molar-refractivity contribution in [2.45, 2.75) is 11.7 Å². The van der Waals surface area contributed by atoms with Gasteiger partial charge in [-0.05, 0) is 0 Å². The summed E-state index contributed by atoms with van der Waals surface area (Å²) in [5.74, 6) is 0. The summed E-state index contributed by atoms with van der Waals surface area (Å²) in [7, 11) is 0. The number of ether oxygens (including phenoxy) is 1. The summed E-state index contributed by atoms with van der Waals surface area (Å²) in [6.07, 6.45) is 1.07. The normalized spacial score (nSPS) is 31.1. The molecule has 9 heavy (non-hydrogen) atoms. The molecule has 1 fully saturated rings. The van der Waals surface area contributed by atoms with Crippen LogP contribution in [0.4, 0.5) is 0 Å². The summed E-state index contributed by atoms with van der Waals surface area (Å²) in [6, 6.07) is 0. The molecule has 3 nitrogen and oxygen atoms in total. The second kappa shape index (κ2) is 2.10. The van der Waals surface area contributed by atoms with Crippen LogP contribution >= 0.6 is 0 Å². The third kappa shape index (κ3) is 1.13. The summed E-state index contributed by atoms with van der Waals surface area (Å²) in [5, 5.41) is 17.9. The average molecular weight is 130 g/mol. The van der Waals surface area contributed by atoms with E-state index in [9.17, 15) is 5.11 Å². The molecule has 1 saturated heterocycles. The number of aliphatic hydroxyl groups excluding tert-OH is 1. The molecule has 52 valence electrons. The maximum absolute atomic E-state index is 9.28. The number of aliphatic hydroxyl groups is 2. The summed E-state index contributed by atoms with van der Waals surface area (Å²) >= 11 is 0. The lowest BCUT2D eigenvalue weighted by Gasteiger charge is -2.17. The molecule has 0 radical (unpaired) electrons. The number of epoxide rings is 1. The SMILES string of the molecule is C=C[C@](O)(CO)[C@@H]1CO1. The van der Waals surface area contributed by atoms with Gasteiger partial charge < -0.3 is 14.9 Å². The summed E-state index contributed by atoms with van der Waals surface area (Å²) < 4.78 is 4.77. The van der Waals surface area contributed by atoms with Gasteiger partial charge in [0.1, 0.15) is 11.7 Å². The predicted molar refractivity (Wildman–Crippen MR) is 32.0 cm³/mol. The molecule has 0 aliphatic carbocycles. The van der Waals surface area contributed by atoms with Crippen molar-refractivity contribution in [1.82, 2.24) is 0 Å². The maximum atomic E-state index is 9.28. The van der Waals surface area contributed by atoms with Crippen LogP contribution in [0.1, 0.15) is 0 Å². The molecule has 2 atom stereocenters. The number of hydrogen-bond donors (Lipinski definition) is 2. The molecular weight excluding hydrogens is 120 g/mol. The van der Waals surface area contributed by atoms with Crippen LogP contribution in [-0.2, 0) is 4.74 Å². The first-order valence-electron chi connectivity index (χ1n) is 2.81. The van der Waals surface area contributed by atoms with Gasteiger partial charge >= 0.3 is 0 Å². The molecule has 0 saturated carbocycles. The highest BCUT2D eigenvalue weighted by atomic mass is 16.6. The van der Waals surface area contributed by atoms with E-state index in [0.29, 0.717) is 6.61 Å². The van der Waals surface area contributed by atoms with Gasteiger partial charge in [0, 0.05) is 0 Å². The molecule has 3 heteroatoms. The Balaban J connectivity index is 2.53. The lowest BCUT2D eigenvalue weighted by Crippen LogP contribution is -2.36. The van der Waals surface area contributed by atoms with E-state index in [4.69, 9.17) is 9.84 Å². The van der Waals surface area contributed by atoms with E-state index in [-0.39, 0.29) is 12.7 Å². The van der Waals surface area contributed by atoms with Gasteiger partial charge in [-0.1, -0.05) is 6.08 Å². The highest BCUT2D eigenvalue weighted by molar-refractivity contribution is 5.05. The van der Waals surface area contributed by atoms with Crippen LogP contribution in [0.5, 0.6) is 0 Å². The van der Waals surface area contributed by atoms with Crippen LogP contribution in [0.3, 0.4) is 0 Å². The predicted octanol–water partition coefficient (Wildman–Crippen LogP) is -0.705. The molecule has 0 amide bonds. The second-order valence-corrected chi connectivity index (χ2v) is 2.18. The largest absolute Gasteiger partial charge is 0.393 e. The summed E-state index contributed by atoms with van der Waals surface area (Å²) in [5.41, 5.74) is -1.21. The minimum atomic E-state index is -1.21. The Labute approximate surface area is 53.6 Å². The summed E-state index contributed by atoms with van der Waals surface area (Å²) in [4.78, 5) is 0. The molecule has 0 aromatic rings. The van der Waals surface area contributed by atoms with Gasteiger partial charge in [0.25, 0.3) is 0 Å². The van der Waals surface area contributed by atoms with Crippen molar-refractivity contribution in [2.24, 2.45) is 0 Å². The number of rotatable bonds is 3. The molecule has 0 aromatic carbocycles. The molecule has 0 unspecified atom stereocenters. The standard InChI is InChI=1S/C6H10O3/c1-2-6(8,4-7)5-3-9-5/h2,5,7-8H,1,3-4H2/t5-,6-/m0/s1. The van der Waals surface area contributed by atoms with Crippen molar-refractivity contribution >= 4 is 0 Å². The average Bonchev–Trinajstić information content (AvgIpc) is 2.68. The van der Waals surface area contributed by atoms with Crippen molar-refractivity contribution < 1.29 is 14.9 Å². The van der Waals surface area contributed by atoms with Gasteiger partial charge in [0.15, 0.2) is 0 Å². The van der Waals surface area contributed by atoms with Crippen molar-refractivity contribution in [3.05, 3.63) is 12.7 Å². The molecule has 0 aromatic heterocycles. The lowest BCUT2D eigenvalue weighted by atomic mass is 10.0. The van der Waals surface area contributed by atoms with E-state index in [0.717, 1.165) is 0 Å². The van der Waals surface area contributed by atoms with Crippen molar-refractivity contribution in [3.63, 3.8) is 0 Å². The second-order valence-electron chi connectivity index (χ2n) is 2.18. The fourth-order valence-corrected chi connectivity index (χ4v) is 0.635. The fourth-order valence-electron chi connectivity index (χ4n) is 0.635. The van der Waals surface area contributed by atoms with Crippen molar-refractivity contribution in [3.8, 4) is 0 Å². The first-order chi connectivity index (χ1) is 4.23. The molecule has 1 heterocycles. The molecule has 0 bridgehead atoms. The topological polar surface area (TPSA) is 53.0 Å². The summed E-state index contributed by atoms with van der Waals surface area (Å²) in [6.45, 7) is 3.57. The van der Waals surface area contributed by atoms with E-state index in [1.807, 2.05) is 0 Å². The van der Waals surface area contributed by atoms with Crippen LogP contribution in [0.15, 0.2) is 12.7 Å². The zero-order chi connectivity index (χ0) is 6.91. The van der Waals surface area contributed by atoms with Gasteiger partial charge in [-0.25, -0.2) is 0 Å². The van der Waals surface area contributed by atoms with E-state index >= 15 is 0 Å². The first kappa shape index (κ1) is 6.74. The highest BCUT2D eigenvalue weighted by Gasteiger charge is 2.42. The van der Waals surface area contributed by atoms with Crippen LogP contribution in [0.25, 0.3) is 0 Å². The third-order valence-electron chi connectivity index (χ3n) is 1.50. The quantitative estimate of drug-likeness (QED) is 0.392. The molecular formula is C6H10O3. The Morgan fingerprint density at radius 1 is 1.89 bits per heavy atom. The fraction of sp³-hybridized carbons (Fsp3) is 0.667. The van der Waals surface area contributed by atoms with E-state index < -0.39 is 5.60 Å². The maximum Gasteiger partial charge on any atom is 0.134 e. The van der Waals surface area contributed by atoms with E-state index in [2.05, 4.69) is 6.58 Å². The minimum Gasteiger partial charge on any atom is -0.393 e.